The number of hydrogen-bond donors (Lipinski definition) is 1. The molecule has 0 spiro atoms. The van der Waals surface area contributed by atoms with Crippen LogP contribution in [0.5, 0.6) is 0 Å². The van der Waals surface area contributed by atoms with E-state index in [2.05, 4.69) is 10.5 Å². The van der Waals surface area contributed by atoms with Gasteiger partial charge < -0.3 is 4.74 Å². The second-order valence-corrected chi connectivity index (χ2v) is 3.15. The summed E-state index contributed by atoms with van der Waals surface area (Å²) < 4.78 is 5.06. The SMILES string of the molecule is CCOCCC(=O)N/N=C/c1ccccc1. The molecule has 0 saturated carbocycles. The number of nitrogens with zero attached hydrogens (tertiary/aromatic N) is 1. The maximum Gasteiger partial charge on any atom is 0.242 e. The van der Waals surface area contributed by atoms with Gasteiger partial charge in [-0.3, -0.25) is 4.79 Å². The molecule has 0 saturated heterocycles. The highest BCUT2D eigenvalue weighted by Crippen LogP contribution is 1.93. The van der Waals surface area contributed by atoms with Gasteiger partial charge in [-0.15, -0.1) is 0 Å². The Labute approximate surface area is 95.3 Å². The molecule has 0 aliphatic heterocycles. The van der Waals surface area contributed by atoms with Crippen molar-refractivity contribution in [3.63, 3.8) is 0 Å². The quantitative estimate of drug-likeness (QED) is 0.449. The normalized spacial score (nSPS) is 10.6. The number of benzene rings is 1. The fraction of sp³-hybridized carbons (Fsp3) is 0.333. The summed E-state index contributed by atoms with van der Waals surface area (Å²) in [5, 5.41) is 3.84. The lowest BCUT2D eigenvalue weighted by Gasteiger charge is -1.99. The molecule has 0 aromatic heterocycles. The Balaban J connectivity index is 2.24. The number of carbonyl (C=O) groups excluding carboxylic acids is 1. The standard InChI is InChI=1S/C12H16N2O2/c1-2-16-9-8-12(15)14-13-10-11-6-4-3-5-7-11/h3-7,10H,2,8-9H2,1H3,(H,14,15)/b13-10+. The van der Waals surface area contributed by atoms with Gasteiger partial charge in [0, 0.05) is 6.61 Å². The second-order valence-electron chi connectivity index (χ2n) is 3.15. The van der Waals surface area contributed by atoms with Gasteiger partial charge in [-0.05, 0) is 12.5 Å². The van der Waals surface area contributed by atoms with Gasteiger partial charge >= 0.3 is 0 Å². The third-order valence-electron chi connectivity index (χ3n) is 1.88. The molecule has 0 aliphatic rings. The molecule has 86 valence electrons. The van der Waals surface area contributed by atoms with Crippen molar-refractivity contribution >= 4 is 12.1 Å². The third-order valence-corrected chi connectivity index (χ3v) is 1.88. The van der Waals surface area contributed by atoms with Crippen LogP contribution in [-0.2, 0) is 9.53 Å². The summed E-state index contributed by atoms with van der Waals surface area (Å²) in [6.07, 6.45) is 1.94. The molecule has 1 aromatic carbocycles. The molecule has 4 heteroatoms. The molecule has 0 fully saturated rings. The van der Waals surface area contributed by atoms with Gasteiger partial charge in [0.1, 0.15) is 0 Å². The first-order chi connectivity index (χ1) is 7.83. The van der Waals surface area contributed by atoms with Gasteiger partial charge in [0.15, 0.2) is 0 Å². The van der Waals surface area contributed by atoms with Crippen LogP contribution in [0.25, 0.3) is 0 Å². The molecule has 16 heavy (non-hydrogen) atoms. The Hall–Kier alpha value is -1.68. The molecule has 0 atom stereocenters. The van der Waals surface area contributed by atoms with Gasteiger partial charge in [0.05, 0.1) is 19.2 Å². The summed E-state index contributed by atoms with van der Waals surface area (Å²) >= 11 is 0. The van der Waals surface area contributed by atoms with E-state index >= 15 is 0 Å². The van der Waals surface area contributed by atoms with Crippen LogP contribution in [-0.4, -0.2) is 25.3 Å². The van der Waals surface area contributed by atoms with Crippen molar-refractivity contribution < 1.29 is 9.53 Å². The molecule has 0 aliphatic carbocycles. The predicted molar refractivity (Wildman–Crippen MR) is 63.3 cm³/mol. The molecular weight excluding hydrogens is 204 g/mol. The molecule has 0 heterocycles. The van der Waals surface area contributed by atoms with Crippen LogP contribution in [0.1, 0.15) is 18.9 Å². The van der Waals surface area contributed by atoms with Crippen molar-refractivity contribution in [2.24, 2.45) is 5.10 Å². The molecule has 1 aromatic rings. The maximum atomic E-state index is 11.2. The van der Waals surface area contributed by atoms with Gasteiger partial charge in [0.2, 0.25) is 5.91 Å². The zero-order valence-electron chi connectivity index (χ0n) is 9.35. The van der Waals surface area contributed by atoms with E-state index in [4.69, 9.17) is 4.74 Å². The highest BCUT2D eigenvalue weighted by molar-refractivity contribution is 5.82. The minimum absolute atomic E-state index is 0.138. The molecule has 1 rings (SSSR count). The number of nitrogens with one attached hydrogen (secondary N) is 1. The molecular formula is C12H16N2O2. The number of hydrazone groups is 1. The molecule has 0 radical (unpaired) electrons. The van der Waals surface area contributed by atoms with Crippen LogP contribution < -0.4 is 5.43 Å². The van der Waals surface area contributed by atoms with E-state index < -0.39 is 0 Å². The zero-order valence-corrected chi connectivity index (χ0v) is 9.35. The van der Waals surface area contributed by atoms with Crippen molar-refractivity contribution in [2.75, 3.05) is 13.2 Å². The third kappa shape index (κ3) is 5.26. The van der Waals surface area contributed by atoms with E-state index in [1.165, 1.54) is 0 Å². The van der Waals surface area contributed by atoms with Crippen LogP contribution in [0.2, 0.25) is 0 Å². The maximum absolute atomic E-state index is 11.2. The number of hydrogen-bond acceptors (Lipinski definition) is 3. The van der Waals surface area contributed by atoms with Crippen molar-refractivity contribution in [3.8, 4) is 0 Å². The molecule has 0 unspecified atom stereocenters. The second kappa shape index (κ2) is 7.59. The van der Waals surface area contributed by atoms with Gasteiger partial charge in [-0.1, -0.05) is 30.3 Å². The Morgan fingerprint density at radius 2 is 2.19 bits per heavy atom. The number of carbonyl (C=O) groups is 1. The fourth-order valence-corrected chi connectivity index (χ4v) is 1.08. The molecule has 4 nitrogen and oxygen atoms in total. The summed E-state index contributed by atoms with van der Waals surface area (Å²) in [6, 6.07) is 9.58. The smallest absolute Gasteiger partial charge is 0.242 e. The number of rotatable bonds is 6. The Morgan fingerprint density at radius 3 is 2.88 bits per heavy atom. The Morgan fingerprint density at radius 1 is 1.44 bits per heavy atom. The van der Waals surface area contributed by atoms with Crippen LogP contribution >= 0.6 is 0 Å². The van der Waals surface area contributed by atoms with Crippen LogP contribution in [0.3, 0.4) is 0 Å². The van der Waals surface area contributed by atoms with Crippen LogP contribution in [0.4, 0.5) is 0 Å². The summed E-state index contributed by atoms with van der Waals surface area (Å²) in [5.41, 5.74) is 3.39. The summed E-state index contributed by atoms with van der Waals surface area (Å²) in [4.78, 5) is 11.2. The van der Waals surface area contributed by atoms with E-state index in [1.54, 1.807) is 6.21 Å². The van der Waals surface area contributed by atoms with E-state index in [0.717, 1.165) is 5.56 Å². The summed E-state index contributed by atoms with van der Waals surface area (Å²) in [5.74, 6) is -0.138. The van der Waals surface area contributed by atoms with E-state index in [0.29, 0.717) is 19.6 Å². The molecule has 0 bridgehead atoms. The Bertz CT molecular complexity index is 336. The van der Waals surface area contributed by atoms with E-state index in [-0.39, 0.29) is 5.91 Å². The fourth-order valence-electron chi connectivity index (χ4n) is 1.08. The van der Waals surface area contributed by atoms with Crippen molar-refractivity contribution in [1.29, 1.82) is 0 Å². The van der Waals surface area contributed by atoms with Crippen molar-refractivity contribution in [2.45, 2.75) is 13.3 Å². The summed E-state index contributed by atoms with van der Waals surface area (Å²) in [7, 11) is 0. The molecule has 1 amide bonds. The van der Waals surface area contributed by atoms with Gasteiger partial charge in [0.25, 0.3) is 0 Å². The average Bonchev–Trinajstić information content (AvgIpc) is 2.31. The van der Waals surface area contributed by atoms with E-state index in [1.807, 2.05) is 37.3 Å². The lowest BCUT2D eigenvalue weighted by Crippen LogP contribution is -2.19. The highest BCUT2D eigenvalue weighted by atomic mass is 16.5. The monoisotopic (exact) mass is 220 g/mol. The Kier molecular flexibility index (Phi) is 5.88. The average molecular weight is 220 g/mol. The zero-order chi connectivity index (χ0) is 11.6. The van der Waals surface area contributed by atoms with Crippen molar-refractivity contribution in [1.82, 2.24) is 5.43 Å². The highest BCUT2D eigenvalue weighted by Gasteiger charge is 1.97. The first-order valence-corrected chi connectivity index (χ1v) is 5.27. The minimum Gasteiger partial charge on any atom is -0.381 e. The first kappa shape index (κ1) is 12.4. The van der Waals surface area contributed by atoms with E-state index in [9.17, 15) is 4.79 Å². The van der Waals surface area contributed by atoms with Crippen LogP contribution in [0, 0.1) is 0 Å². The van der Waals surface area contributed by atoms with Crippen LogP contribution in [0.15, 0.2) is 35.4 Å². The lowest BCUT2D eigenvalue weighted by molar-refractivity contribution is -0.122. The van der Waals surface area contributed by atoms with Crippen molar-refractivity contribution in [3.05, 3.63) is 35.9 Å². The molecule has 1 N–H and O–H groups in total. The number of amides is 1. The largest absolute Gasteiger partial charge is 0.381 e. The van der Waals surface area contributed by atoms with Gasteiger partial charge in [-0.2, -0.15) is 5.10 Å². The lowest BCUT2D eigenvalue weighted by atomic mass is 10.2. The number of ether oxygens (including phenoxy) is 1. The van der Waals surface area contributed by atoms with Gasteiger partial charge in [-0.25, -0.2) is 5.43 Å². The first-order valence-electron chi connectivity index (χ1n) is 5.27. The topological polar surface area (TPSA) is 50.7 Å². The minimum atomic E-state index is -0.138. The predicted octanol–water partition coefficient (Wildman–Crippen LogP) is 1.56. The summed E-state index contributed by atoms with van der Waals surface area (Å²) in [6.45, 7) is 2.95.